The Bertz CT molecular complexity index is 1510. The highest BCUT2D eigenvalue weighted by Gasteiger charge is 2.35. The summed E-state index contributed by atoms with van der Waals surface area (Å²) < 4.78 is 34.9. The number of piperazine rings is 1. The lowest BCUT2D eigenvalue weighted by Crippen LogP contribution is -2.54. The zero-order chi connectivity index (χ0) is 29.5. The Balaban J connectivity index is 1.31. The van der Waals surface area contributed by atoms with Gasteiger partial charge < -0.3 is 19.4 Å². The van der Waals surface area contributed by atoms with Gasteiger partial charge >= 0.3 is 6.01 Å². The van der Waals surface area contributed by atoms with Crippen LogP contribution in [0.3, 0.4) is 0 Å². The first kappa shape index (κ1) is 28.3. The molecule has 0 N–H and O–H groups in total. The summed E-state index contributed by atoms with van der Waals surface area (Å²) in [7, 11) is 0. The van der Waals surface area contributed by atoms with Gasteiger partial charge in [0.1, 0.15) is 12.4 Å². The molecule has 0 aliphatic carbocycles. The Morgan fingerprint density at radius 1 is 1.10 bits per heavy atom. The minimum absolute atomic E-state index is 0.0325. The van der Waals surface area contributed by atoms with Crippen molar-refractivity contribution in [3.63, 3.8) is 0 Å². The van der Waals surface area contributed by atoms with E-state index in [-0.39, 0.29) is 19.1 Å². The number of hydrogen-bond donors (Lipinski definition) is 0. The molecule has 1 aromatic heterocycles. The van der Waals surface area contributed by atoms with Gasteiger partial charge in [-0.1, -0.05) is 36.9 Å². The summed E-state index contributed by atoms with van der Waals surface area (Å²) in [6.07, 6.45) is 0.0554. The second kappa shape index (κ2) is 11.5. The minimum Gasteiger partial charge on any atom is -0.462 e. The second-order valence-corrected chi connectivity index (χ2v) is 11.7. The number of aryl methyl sites for hydroxylation is 1. The van der Waals surface area contributed by atoms with Gasteiger partial charge in [0.15, 0.2) is 12.1 Å². The molecule has 42 heavy (non-hydrogen) atoms. The van der Waals surface area contributed by atoms with Crippen LogP contribution in [0.1, 0.15) is 37.1 Å². The fourth-order valence-electron chi connectivity index (χ4n) is 6.50. The molecule has 222 valence electrons. The third kappa shape index (κ3) is 5.28. The van der Waals surface area contributed by atoms with Crippen molar-refractivity contribution in [2.24, 2.45) is 0 Å². The third-order valence-corrected chi connectivity index (χ3v) is 8.82. The Labute approximate surface area is 245 Å². The normalized spacial score (nSPS) is 21.0. The van der Waals surface area contributed by atoms with Crippen molar-refractivity contribution in [3.8, 4) is 6.01 Å². The van der Waals surface area contributed by atoms with E-state index < -0.39 is 18.0 Å². The molecule has 10 heteroatoms. The van der Waals surface area contributed by atoms with Gasteiger partial charge in [-0.2, -0.15) is 9.97 Å². The largest absolute Gasteiger partial charge is 0.462 e. The van der Waals surface area contributed by atoms with Gasteiger partial charge in [-0.05, 0) is 50.6 Å². The van der Waals surface area contributed by atoms with Crippen LogP contribution in [0.5, 0.6) is 6.01 Å². The van der Waals surface area contributed by atoms with Crippen molar-refractivity contribution >= 4 is 28.2 Å². The number of anilines is 2. The van der Waals surface area contributed by atoms with Crippen LogP contribution in [0, 0.1) is 6.92 Å². The summed E-state index contributed by atoms with van der Waals surface area (Å²) in [5.74, 6) is -1.53. The maximum absolute atomic E-state index is 15.2. The van der Waals surface area contributed by atoms with Crippen LogP contribution in [0.4, 0.5) is 20.3 Å². The number of nitrogens with zero attached hydrogens (tertiary/aromatic N) is 6. The van der Waals surface area contributed by atoms with E-state index in [1.807, 2.05) is 4.90 Å². The molecule has 0 bridgehead atoms. The van der Waals surface area contributed by atoms with E-state index in [1.54, 1.807) is 0 Å². The van der Waals surface area contributed by atoms with E-state index in [9.17, 15) is 9.18 Å². The zero-order valence-electron chi connectivity index (χ0n) is 24.5. The molecule has 4 heterocycles. The average Bonchev–Trinajstić information content (AvgIpc) is 2.95. The lowest BCUT2D eigenvalue weighted by molar-refractivity contribution is -0.135. The maximum Gasteiger partial charge on any atom is 0.318 e. The van der Waals surface area contributed by atoms with Crippen LogP contribution in [0.15, 0.2) is 48.8 Å². The number of hydrogen-bond acceptors (Lipinski definition) is 7. The highest BCUT2D eigenvalue weighted by molar-refractivity contribution is 5.97. The molecule has 0 saturated carbocycles. The van der Waals surface area contributed by atoms with Crippen LogP contribution in [0.2, 0.25) is 0 Å². The van der Waals surface area contributed by atoms with E-state index in [1.165, 1.54) is 16.3 Å². The summed E-state index contributed by atoms with van der Waals surface area (Å²) in [6.45, 7) is 12.6. The minimum atomic E-state index is -1.68. The standard InChI is InChI=1S/C32H38F2N6O2/c1-20(2)39-14-11-24(39)19-42-32-35-26-17-37(27-10-6-9-23-8-5-7-21(3)29(23)27)13-12-25(26)30(36-32)38-15-16-40(28(34)18-38)31(41)22(4)33/h5-10,20,24,28H,4,11-19H2,1-3H3/t24?,28-/m1/s1. The summed E-state index contributed by atoms with van der Waals surface area (Å²) in [4.78, 5) is 29.3. The third-order valence-electron chi connectivity index (χ3n) is 8.82. The molecule has 2 atom stereocenters. The summed E-state index contributed by atoms with van der Waals surface area (Å²) in [5, 5.41) is 2.42. The number of amides is 1. The van der Waals surface area contributed by atoms with Gasteiger partial charge in [-0.25, -0.2) is 8.78 Å². The smallest absolute Gasteiger partial charge is 0.318 e. The molecule has 2 saturated heterocycles. The number of alkyl halides is 1. The molecule has 0 spiro atoms. The first-order valence-electron chi connectivity index (χ1n) is 14.8. The fraction of sp³-hybridized carbons (Fsp3) is 0.469. The SMILES string of the molecule is C=C(F)C(=O)N1CCN(c2nc(OCC3CCN3C(C)C)nc3c2CCN(c2cccc4cccc(C)c24)C3)C[C@@H]1F. The van der Waals surface area contributed by atoms with E-state index in [2.05, 4.69) is 73.5 Å². The Hall–Kier alpha value is -3.79. The van der Waals surface area contributed by atoms with Crippen molar-refractivity contribution < 1.29 is 18.3 Å². The molecule has 1 unspecified atom stereocenters. The quantitative estimate of drug-likeness (QED) is 0.296. The summed E-state index contributed by atoms with van der Waals surface area (Å²) >= 11 is 0. The van der Waals surface area contributed by atoms with Gasteiger partial charge in [0.2, 0.25) is 0 Å². The molecule has 3 aliphatic heterocycles. The Morgan fingerprint density at radius 2 is 1.88 bits per heavy atom. The Kier molecular flexibility index (Phi) is 7.74. The molecule has 8 nitrogen and oxygen atoms in total. The highest BCUT2D eigenvalue weighted by Crippen LogP contribution is 2.36. The van der Waals surface area contributed by atoms with Crippen molar-refractivity contribution in [1.82, 2.24) is 19.8 Å². The van der Waals surface area contributed by atoms with E-state index in [0.717, 1.165) is 41.4 Å². The van der Waals surface area contributed by atoms with Crippen LogP contribution < -0.4 is 14.5 Å². The number of aromatic nitrogens is 2. The van der Waals surface area contributed by atoms with E-state index in [0.29, 0.717) is 44.0 Å². The second-order valence-electron chi connectivity index (χ2n) is 11.7. The maximum atomic E-state index is 15.2. The molecule has 1 amide bonds. The molecule has 6 rings (SSSR count). The van der Waals surface area contributed by atoms with Gasteiger partial charge in [-0.15, -0.1) is 0 Å². The van der Waals surface area contributed by atoms with Gasteiger partial charge in [0, 0.05) is 54.9 Å². The monoisotopic (exact) mass is 576 g/mol. The summed E-state index contributed by atoms with van der Waals surface area (Å²) in [6, 6.07) is 13.7. The van der Waals surface area contributed by atoms with Crippen molar-refractivity contribution in [2.75, 3.05) is 49.1 Å². The number of halogens is 2. The predicted molar refractivity (Wildman–Crippen MR) is 160 cm³/mol. The molecule has 3 aromatic rings. The van der Waals surface area contributed by atoms with Gasteiger partial charge in [0.05, 0.1) is 18.8 Å². The number of ether oxygens (including phenoxy) is 1. The van der Waals surface area contributed by atoms with E-state index >= 15 is 4.39 Å². The fourth-order valence-corrected chi connectivity index (χ4v) is 6.50. The lowest BCUT2D eigenvalue weighted by atomic mass is 9.99. The highest BCUT2D eigenvalue weighted by atomic mass is 19.1. The number of carbonyl (C=O) groups excluding carboxylic acids is 1. The predicted octanol–water partition coefficient (Wildman–Crippen LogP) is 4.79. The average molecular weight is 577 g/mol. The van der Waals surface area contributed by atoms with Crippen LogP contribution >= 0.6 is 0 Å². The van der Waals surface area contributed by atoms with Crippen LogP contribution in [-0.2, 0) is 17.8 Å². The number of fused-ring (bicyclic) bond motifs is 2. The van der Waals surface area contributed by atoms with Crippen molar-refractivity contribution in [1.29, 1.82) is 0 Å². The topological polar surface area (TPSA) is 65.0 Å². The molecule has 3 aliphatic rings. The van der Waals surface area contributed by atoms with Crippen molar-refractivity contribution in [2.45, 2.75) is 58.5 Å². The molecular weight excluding hydrogens is 538 g/mol. The number of benzene rings is 2. The molecule has 0 radical (unpaired) electrons. The summed E-state index contributed by atoms with van der Waals surface area (Å²) in [5.41, 5.74) is 4.19. The van der Waals surface area contributed by atoms with Crippen LogP contribution in [-0.4, -0.2) is 83.4 Å². The van der Waals surface area contributed by atoms with Crippen molar-refractivity contribution in [3.05, 3.63) is 65.6 Å². The van der Waals surface area contributed by atoms with Crippen LogP contribution in [0.25, 0.3) is 10.8 Å². The number of rotatable bonds is 7. The number of likely N-dealkylation sites (tertiary alicyclic amines) is 1. The zero-order valence-corrected chi connectivity index (χ0v) is 24.5. The Morgan fingerprint density at radius 3 is 2.57 bits per heavy atom. The number of carbonyl (C=O) groups is 1. The lowest BCUT2D eigenvalue weighted by Gasteiger charge is -2.43. The van der Waals surface area contributed by atoms with Gasteiger partial charge in [0.25, 0.3) is 5.91 Å². The molecular formula is C32H38F2N6O2. The first-order chi connectivity index (χ1) is 20.2. The molecule has 2 fully saturated rings. The molecule has 2 aromatic carbocycles. The first-order valence-corrected chi connectivity index (χ1v) is 14.8. The van der Waals surface area contributed by atoms with Gasteiger partial charge in [-0.3, -0.25) is 9.69 Å². The van der Waals surface area contributed by atoms with E-state index in [4.69, 9.17) is 14.7 Å².